The first-order chi connectivity index (χ1) is 26.9. The normalized spacial score (nSPS) is 19.5. The minimum atomic E-state index is -4.80. The summed E-state index contributed by atoms with van der Waals surface area (Å²) in [7, 11) is -17.9. The van der Waals surface area contributed by atoms with E-state index < -0.39 is 116 Å². The van der Waals surface area contributed by atoms with Gasteiger partial charge in [0.1, 0.15) is 36.9 Å². The number of carbonyl (C=O) groups is 2. The van der Waals surface area contributed by atoms with Crippen LogP contribution in [0.4, 0.5) is 14.4 Å². The van der Waals surface area contributed by atoms with Gasteiger partial charge in [-0.05, 0) is 40.8 Å². The Kier molecular flexibility index (Phi) is 11.7. The van der Waals surface area contributed by atoms with Crippen LogP contribution in [0.15, 0.2) is 64.9 Å². The second-order valence-electron chi connectivity index (χ2n) is 14.0. The number of sulfonamides is 4. The van der Waals surface area contributed by atoms with Crippen LogP contribution in [0.25, 0.3) is 0 Å². The molecule has 5 N–H and O–H groups in total. The van der Waals surface area contributed by atoms with E-state index in [1.54, 1.807) is 0 Å². The Morgan fingerprint density at radius 3 is 2.17 bits per heavy atom. The Labute approximate surface area is 341 Å². The second kappa shape index (κ2) is 15.7. The summed E-state index contributed by atoms with van der Waals surface area (Å²) >= 11 is 1.52. The molecule has 3 aliphatic heterocycles. The highest BCUT2D eigenvalue weighted by molar-refractivity contribution is 7.91. The van der Waals surface area contributed by atoms with E-state index in [1.165, 1.54) is 39.9 Å². The SMILES string of the molecule is CC(C)CC1CC(O)=C(C2=NS(=O)(=O)c3c(CN(C(C(=O)O)C4=NS(=O)(=O)c5c(CNS(C)(=O)=O)csc5N4)S(C)(=O)=O)csc3N2)C(=O)N1Cc1ccc(F)cc1. The van der Waals surface area contributed by atoms with Crippen molar-refractivity contribution in [2.45, 2.75) is 68.2 Å². The van der Waals surface area contributed by atoms with Gasteiger partial charge >= 0.3 is 5.97 Å². The monoisotopic (exact) mass is 921 g/mol. The molecule has 0 spiro atoms. The minimum absolute atomic E-state index is 0.00455. The number of amides is 1. The maximum absolute atomic E-state index is 14.1. The second-order valence-corrected chi connectivity index (χ2v) is 22.6. The van der Waals surface area contributed by atoms with Crippen LogP contribution < -0.4 is 15.4 Å². The molecule has 1 amide bonds. The molecule has 3 aromatic rings. The first-order valence-electron chi connectivity index (χ1n) is 16.9. The van der Waals surface area contributed by atoms with Crippen LogP contribution in [0.5, 0.6) is 0 Å². The molecule has 0 aliphatic carbocycles. The number of hydrogen-bond acceptors (Lipinski definition) is 15. The molecule has 0 saturated heterocycles. The Bertz CT molecular complexity index is 2740. The average Bonchev–Trinajstić information content (AvgIpc) is 3.69. The number of thiophene rings is 2. The van der Waals surface area contributed by atoms with Crippen molar-refractivity contribution in [3.05, 3.63) is 68.9 Å². The molecule has 2 unspecified atom stereocenters. The lowest BCUT2D eigenvalue weighted by molar-refractivity contribution is -0.139. The summed E-state index contributed by atoms with van der Waals surface area (Å²) in [4.78, 5) is 27.3. The van der Waals surface area contributed by atoms with E-state index in [-0.39, 0.29) is 40.0 Å². The van der Waals surface area contributed by atoms with Crippen LogP contribution in [0.3, 0.4) is 0 Å². The van der Waals surface area contributed by atoms with Gasteiger partial charge in [-0.1, -0.05) is 26.0 Å². The van der Waals surface area contributed by atoms with Crippen molar-refractivity contribution in [2.75, 3.05) is 23.1 Å². The third kappa shape index (κ3) is 8.97. The van der Waals surface area contributed by atoms with Crippen LogP contribution in [-0.4, -0.2) is 101 Å². The standard InChI is InChI=1S/C32H36FN7O12S6/c1-16(2)9-21-10-22(41)23(31(42)39(21)12-17-5-7-20(33)8-6-17)27-35-30-26(58(51,52)37-27)19(15-54-30)13-40(56(4,47)48)24(32(43)44)28-36-29-25(57(49,50)38-28)18(14-53-29)11-34-55(3,45)46/h5-8,14-16,21,24,34,41H,9-13H2,1-4H3,(H,35,37)(H,36,38)(H,43,44). The van der Waals surface area contributed by atoms with Crippen LogP contribution in [0.1, 0.15) is 43.4 Å². The number of aliphatic hydroxyl groups is 1. The predicted octanol–water partition coefficient (Wildman–Crippen LogP) is 2.60. The van der Waals surface area contributed by atoms with E-state index in [0.29, 0.717) is 22.5 Å². The highest BCUT2D eigenvalue weighted by Gasteiger charge is 2.44. The summed E-state index contributed by atoms with van der Waals surface area (Å²) in [5, 5.41) is 29.0. The van der Waals surface area contributed by atoms with Crippen molar-refractivity contribution in [1.82, 2.24) is 13.9 Å². The van der Waals surface area contributed by atoms with Gasteiger partial charge in [-0.2, -0.15) is 21.1 Å². The molecule has 2 atom stereocenters. The highest BCUT2D eigenvalue weighted by atomic mass is 32.2. The zero-order chi connectivity index (χ0) is 42.7. The number of aliphatic carboxylic acids is 1. The van der Waals surface area contributed by atoms with Crippen LogP contribution in [0, 0.1) is 11.7 Å². The summed E-state index contributed by atoms with van der Waals surface area (Å²) in [6.45, 7) is 2.47. The van der Waals surface area contributed by atoms with E-state index in [1.807, 2.05) is 13.8 Å². The lowest BCUT2D eigenvalue weighted by Crippen LogP contribution is -2.52. The molecule has 314 valence electrons. The molecule has 6 rings (SSSR count). The number of nitrogens with one attached hydrogen (secondary N) is 3. The summed E-state index contributed by atoms with van der Waals surface area (Å²) in [5.41, 5.74) is -0.128. The summed E-state index contributed by atoms with van der Waals surface area (Å²) in [6.07, 6.45) is 1.91. The summed E-state index contributed by atoms with van der Waals surface area (Å²) in [6, 6.07) is 2.60. The number of fused-ring (bicyclic) bond motifs is 2. The fourth-order valence-electron chi connectivity index (χ4n) is 6.57. The molecule has 0 saturated carbocycles. The highest BCUT2D eigenvalue weighted by Crippen LogP contribution is 2.41. The number of carbonyl (C=O) groups excluding carboxylic acids is 1. The van der Waals surface area contributed by atoms with Gasteiger partial charge in [0.15, 0.2) is 17.7 Å². The van der Waals surface area contributed by atoms with E-state index in [9.17, 15) is 57.9 Å². The van der Waals surface area contributed by atoms with Crippen LogP contribution >= 0.6 is 22.7 Å². The number of rotatable bonds is 14. The summed E-state index contributed by atoms with van der Waals surface area (Å²) in [5.74, 6) is -4.81. The lowest BCUT2D eigenvalue weighted by Gasteiger charge is -2.38. The molecular formula is C32H36FN7O12S6. The Morgan fingerprint density at radius 2 is 1.59 bits per heavy atom. The maximum Gasteiger partial charge on any atom is 0.329 e. The Balaban J connectivity index is 1.32. The molecule has 0 radical (unpaired) electrons. The van der Waals surface area contributed by atoms with E-state index in [0.717, 1.165) is 28.9 Å². The number of halogens is 1. The van der Waals surface area contributed by atoms with Crippen LogP contribution in [-0.2, 0) is 69.3 Å². The molecule has 58 heavy (non-hydrogen) atoms. The maximum atomic E-state index is 14.1. The van der Waals surface area contributed by atoms with E-state index in [2.05, 4.69) is 24.2 Å². The van der Waals surface area contributed by atoms with Gasteiger partial charge in [0.05, 0.1) is 12.5 Å². The van der Waals surface area contributed by atoms with Gasteiger partial charge in [0.25, 0.3) is 26.0 Å². The van der Waals surface area contributed by atoms with Crippen molar-refractivity contribution >= 4 is 96.3 Å². The average molecular weight is 922 g/mol. The van der Waals surface area contributed by atoms with Gasteiger partial charge in [-0.3, -0.25) is 4.79 Å². The molecule has 26 heteroatoms. The van der Waals surface area contributed by atoms with Gasteiger partial charge in [0.2, 0.25) is 20.0 Å². The smallest absolute Gasteiger partial charge is 0.329 e. The van der Waals surface area contributed by atoms with Gasteiger partial charge in [-0.15, -0.1) is 31.5 Å². The molecule has 2 aromatic heterocycles. The number of anilines is 2. The van der Waals surface area contributed by atoms with Gasteiger partial charge < -0.3 is 25.7 Å². The molecule has 5 heterocycles. The van der Waals surface area contributed by atoms with Crippen LogP contribution in [0.2, 0.25) is 0 Å². The van der Waals surface area contributed by atoms with Crippen molar-refractivity contribution < 1.29 is 57.9 Å². The first kappa shape index (κ1) is 43.3. The predicted molar refractivity (Wildman–Crippen MR) is 213 cm³/mol. The third-order valence-electron chi connectivity index (χ3n) is 8.99. The van der Waals surface area contributed by atoms with Crippen molar-refractivity contribution in [2.24, 2.45) is 14.7 Å². The van der Waals surface area contributed by atoms with Crippen molar-refractivity contribution in [3.8, 4) is 0 Å². The zero-order valence-electron chi connectivity index (χ0n) is 30.8. The fraction of sp³-hybridized carbons (Fsp3) is 0.375. The topological polar surface area (TPSA) is 278 Å². The Hall–Kier alpha value is -4.31. The molecule has 0 bridgehead atoms. The number of carboxylic acids is 1. The number of aliphatic hydroxyl groups excluding tert-OH is 1. The number of nitrogens with zero attached hydrogens (tertiary/aromatic N) is 4. The molecule has 1 aromatic carbocycles. The quantitative estimate of drug-likeness (QED) is 0.156. The minimum Gasteiger partial charge on any atom is -0.511 e. The zero-order valence-corrected chi connectivity index (χ0v) is 35.7. The third-order valence-corrected chi connectivity index (χ3v) is 15.8. The largest absolute Gasteiger partial charge is 0.511 e. The molecule has 3 aliphatic rings. The van der Waals surface area contributed by atoms with Gasteiger partial charge in [-0.25, -0.2) is 30.7 Å². The first-order valence-corrected chi connectivity index (χ1v) is 25.3. The number of carboxylic acid groups (broad SMARTS) is 1. The van der Waals surface area contributed by atoms with Crippen molar-refractivity contribution in [1.29, 1.82) is 0 Å². The number of amidine groups is 2. The number of hydrogen-bond donors (Lipinski definition) is 5. The van der Waals surface area contributed by atoms with Gasteiger partial charge in [0, 0.05) is 43.2 Å². The lowest BCUT2D eigenvalue weighted by atomic mass is 9.92. The van der Waals surface area contributed by atoms with E-state index in [4.69, 9.17) is 0 Å². The molecule has 0 fully saturated rings. The van der Waals surface area contributed by atoms with E-state index >= 15 is 0 Å². The molecule has 19 nitrogen and oxygen atoms in total. The van der Waals surface area contributed by atoms with Crippen molar-refractivity contribution in [3.63, 3.8) is 0 Å². The fourth-order valence-corrected chi connectivity index (χ4v) is 13.2. The summed E-state index contributed by atoms with van der Waals surface area (Å²) < 4.78 is 128. The number of benzene rings is 1. The Morgan fingerprint density at radius 1 is 1.00 bits per heavy atom. The molecular weight excluding hydrogens is 886 g/mol.